The highest BCUT2D eigenvalue weighted by molar-refractivity contribution is 6.00. The number of hydrogen-bond acceptors (Lipinski definition) is 4. The number of anilines is 1. The van der Waals surface area contributed by atoms with Gasteiger partial charge in [0.15, 0.2) is 0 Å². The molecule has 2 aromatic rings. The minimum atomic E-state index is -0.952. The van der Waals surface area contributed by atoms with Gasteiger partial charge < -0.3 is 10.1 Å². The Balaban J connectivity index is 1.93. The number of carbonyl (C=O) groups excluding carboxylic acids is 2. The van der Waals surface area contributed by atoms with E-state index in [2.05, 4.69) is 5.32 Å². The van der Waals surface area contributed by atoms with Gasteiger partial charge in [-0.05, 0) is 31.0 Å². The molecule has 0 spiro atoms. The topological polar surface area (TPSA) is 79.2 Å². The summed E-state index contributed by atoms with van der Waals surface area (Å²) in [7, 11) is 0. The SMILES string of the molecule is CC(=O)Oc1ccc(NC(=O)C2(c3ccccc3F)CCCC2)c(C#N)c1. The van der Waals surface area contributed by atoms with E-state index in [-0.39, 0.29) is 17.2 Å². The Labute approximate surface area is 156 Å². The van der Waals surface area contributed by atoms with Gasteiger partial charge in [-0.3, -0.25) is 9.59 Å². The van der Waals surface area contributed by atoms with E-state index in [9.17, 15) is 19.2 Å². The number of benzene rings is 2. The summed E-state index contributed by atoms with van der Waals surface area (Å²) in [6.45, 7) is 1.26. The lowest BCUT2D eigenvalue weighted by Crippen LogP contribution is -2.38. The minimum absolute atomic E-state index is 0.170. The van der Waals surface area contributed by atoms with Crippen LogP contribution in [0.4, 0.5) is 10.1 Å². The summed E-state index contributed by atoms with van der Waals surface area (Å²) in [5, 5.41) is 12.2. The van der Waals surface area contributed by atoms with Crippen molar-refractivity contribution in [3.05, 3.63) is 59.4 Å². The first-order valence-electron chi connectivity index (χ1n) is 8.75. The van der Waals surface area contributed by atoms with Crippen molar-refractivity contribution >= 4 is 17.6 Å². The molecule has 0 heterocycles. The highest BCUT2D eigenvalue weighted by atomic mass is 19.1. The molecule has 1 amide bonds. The third-order valence-electron chi connectivity index (χ3n) is 4.90. The number of ether oxygens (including phenoxy) is 1. The van der Waals surface area contributed by atoms with Gasteiger partial charge in [-0.25, -0.2) is 4.39 Å². The second kappa shape index (κ2) is 7.58. The zero-order valence-electron chi connectivity index (χ0n) is 14.9. The second-order valence-electron chi connectivity index (χ2n) is 6.64. The fourth-order valence-electron chi connectivity index (χ4n) is 3.64. The zero-order chi connectivity index (χ0) is 19.4. The summed E-state index contributed by atoms with van der Waals surface area (Å²) in [5.74, 6) is -1.01. The molecular formula is C21H19FN2O3. The summed E-state index contributed by atoms with van der Waals surface area (Å²) in [5.41, 5.74) is -0.0908. The lowest BCUT2D eigenvalue weighted by Gasteiger charge is -2.29. The van der Waals surface area contributed by atoms with Gasteiger partial charge in [-0.2, -0.15) is 5.26 Å². The quantitative estimate of drug-likeness (QED) is 0.653. The van der Waals surface area contributed by atoms with Crippen molar-refractivity contribution < 1.29 is 18.7 Å². The van der Waals surface area contributed by atoms with Gasteiger partial charge >= 0.3 is 5.97 Å². The molecule has 3 rings (SSSR count). The fourth-order valence-corrected chi connectivity index (χ4v) is 3.64. The lowest BCUT2D eigenvalue weighted by atomic mass is 9.77. The van der Waals surface area contributed by atoms with Crippen molar-refractivity contribution in [2.45, 2.75) is 38.0 Å². The smallest absolute Gasteiger partial charge is 0.308 e. The van der Waals surface area contributed by atoms with Crippen molar-refractivity contribution in [3.63, 3.8) is 0 Å². The number of carbonyl (C=O) groups is 2. The molecule has 0 bridgehead atoms. The predicted molar refractivity (Wildman–Crippen MR) is 97.6 cm³/mol. The molecule has 2 aromatic carbocycles. The van der Waals surface area contributed by atoms with Crippen LogP contribution in [0.3, 0.4) is 0 Å². The number of amides is 1. The molecule has 0 aliphatic heterocycles. The molecule has 27 heavy (non-hydrogen) atoms. The molecule has 1 saturated carbocycles. The van der Waals surface area contributed by atoms with Gasteiger partial charge in [-0.1, -0.05) is 31.0 Å². The maximum Gasteiger partial charge on any atom is 0.308 e. The van der Waals surface area contributed by atoms with Crippen LogP contribution >= 0.6 is 0 Å². The number of hydrogen-bond donors (Lipinski definition) is 1. The normalized spacial score (nSPS) is 15.0. The number of nitriles is 1. The van der Waals surface area contributed by atoms with E-state index in [1.54, 1.807) is 18.2 Å². The van der Waals surface area contributed by atoms with E-state index in [1.807, 2.05) is 6.07 Å². The Hall–Kier alpha value is -3.20. The van der Waals surface area contributed by atoms with E-state index in [4.69, 9.17) is 4.74 Å². The molecule has 0 aromatic heterocycles. The molecule has 5 nitrogen and oxygen atoms in total. The number of nitrogens with zero attached hydrogens (tertiary/aromatic N) is 1. The van der Waals surface area contributed by atoms with Crippen LogP contribution in [0.2, 0.25) is 0 Å². The van der Waals surface area contributed by atoms with Gasteiger partial charge in [0.2, 0.25) is 5.91 Å². The average molecular weight is 366 g/mol. The van der Waals surface area contributed by atoms with E-state index in [0.717, 1.165) is 12.8 Å². The van der Waals surface area contributed by atoms with Gasteiger partial charge in [0.05, 0.1) is 16.7 Å². The van der Waals surface area contributed by atoms with Crippen LogP contribution in [-0.2, 0) is 15.0 Å². The monoisotopic (exact) mass is 366 g/mol. The molecule has 6 heteroatoms. The average Bonchev–Trinajstić information content (AvgIpc) is 3.13. The van der Waals surface area contributed by atoms with Crippen molar-refractivity contribution in [2.75, 3.05) is 5.32 Å². The van der Waals surface area contributed by atoms with Crippen LogP contribution in [0.1, 0.15) is 43.7 Å². The summed E-state index contributed by atoms with van der Waals surface area (Å²) >= 11 is 0. The molecule has 0 unspecified atom stereocenters. The van der Waals surface area contributed by atoms with Gasteiger partial charge in [0.25, 0.3) is 0 Å². The number of rotatable bonds is 4. The summed E-state index contributed by atoms with van der Waals surface area (Å²) in [6.07, 6.45) is 2.76. The highest BCUT2D eigenvalue weighted by Crippen LogP contribution is 2.43. The lowest BCUT2D eigenvalue weighted by molar-refractivity contribution is -0.131. The maximum absolute atomic E-state index is 14.4. The molecular weight excluding hydrogens is 347 g/mol. The standard InChI is InChI=1S/C21H19FN2O3/c1-14(25)27-16-8-9-19(15(12-16)13-23)24-20(26)21(10-4-5-11-21)17-6-2-3-7-18(17)22/h2-3,6-9,12H,4-5,10-11H2,1H3,(H,24,26). The molecule has 0 saturated heterocycles. The molecule has 1 fully saturated rings. The van der Waals surface area contributed by atoms with Crippen LogP contribution in [-0.4, -0.2) is 11.9 Å². The highest BCUT2D eigenvalue weighted by Gasteiger charge is 2.44. The Morgan fingerprint density at radius 3 is 2.52 bits per heavy atom. The van der Waals surface area contributed by atoms with E-state index < -0.39 is 17.2 Å². The Kier molecular flexibility index (Phi) is 5.22. The zero-order valence-corrected chi connectivity index (χ0v) is 14.9. The van der Waals surface area contributed by atoms with Gasteiger partial charge in [-0.15, -0.1) is 0 Å². The molecule has 0 radical (unpaired) electrons. The molecule has 0 atom stereocenters. The molecule has 1 aliphatic carbocycles. The van der Waals surface area contributed by atoms with E-state index in [1.165, 1.54) is 31.2 Å². The van der Waals surface area contributed by atoms with Crippen LogP contribution in [0, 0.1) is 17.1 Å². The van der Waals surface area contributed by atoms with Gasteiger partial charge in [0.1, 0.15) is 17.6 Å². The number of esters is 1. The van der Waals surface area contributed by atoms with Crippen molar-refractivity contribution in [1.82, 2.24) is 0 Å². The number of halogens is 1. The van der Waals surface area contributed by atoms with E-state index >= 15 is 0 Å². The Morgan fingerprint density at radius 2 is 1.89 bits per heavy atom. The number of nitrogens with one attached hydrogen (secondary N) is 1. The van der Waals surface area contributed by atoms with Crippen LogP contribution in [0.5, 0.6) is 5.75 Å². The third kappa shape index (κ3) is 3.68. The molecule has 138 valence electrons. The summed E-state index contributed by atoms with van der Waals surface area (Å²) in [4.78, 5) is 24.2. The van der Waals surface area contributed by atoms with Crippen molar-refractivity contribution in [2.24, 2.45) is 0 Å². The maximum atomic E-state index is 14.4. The minimum Gasteiger partial charge on any atom is -0.427 e. The first kappa shape index (κ1) is 18.6. The Bertz CT molecular complexity index is 927. The van der Waals surface area contributed by atoms with Crippen molar-refractivity contribution in [3.8, 4) is 11.8 Å². The molecule has 1 aliphatic rings. The first-order valence-corrected chi connectivity index (χ1v) is 8.75. The fraction of sp³-hybridized carbons (Fsp3) is 0.286. The second-order valence-corrected chi connectivity index (χ2v) is 6.64. The van der Waals surface area contributed by atoms with Crippen molar-refractivity contribution in [1.29, 1.82) is 5.26 Å². The van der Waals surface area contributed by atoms with Crippen LogP contribution in [0.15, 0.2) is 42.5 Å². The van der Waals surface area contributed by atoms with Gasteiger partial charge in [0, 0.05) is 18.6 Å². The first-order chi connectivity index (χ1) is 13.0. The van der Waals surface area contributed by atoms with E-state index in [0.29, 0.717) is 24.1 Å². The Morgan fingerprint density at radius 1 is 1.19 bits per heavy atom. The third-order valence-corrected chi connectivity index (χ3v) is 4.90. The largest absolute Gasteiger partial charge is 0.427 e. The summed E-state index contributed by atoms with van der Waals surface area (Å²) in [6, 6.07) is 12.7. The van der Waals surface area contributed by atoms with Crippen LogP contribution in [0.25, 0.3) is 0 Å². The van der Waals surface area contributed by atoms with Crippen LogP contribution < -0.4 is 10.1 Å². The molecule has 1 N–H and O–H groups in total. The summed E-state index contributed by atoms with van der Waals surface area (Å²) < 4.78 is 19.4. The predicted octanol–water partition coefficient (Wildman–Crippen LogP) is 4.07.